The number of hydrogen-bond acceptors (Lipinski definition) is 2. The van der Waals surface area contributed by atoms with Crippen molar-refractivity contribution >= 4 is 5.69 Å². The molecular formula is C19H25NO. The maximum Gasteiger partial charge on any atom is 0.0830 e. The van der Waals surface area contributed by atoms with Crippen molar-refractivity contribution in [2.24, 2.45) is 0 Å². The summed E-state index contributed by atoms with van der Waals surface area (Å²) in [6.45, 7) is 4.38. The first-order chi connectivity index (χ1) is 9.97. The van der Waals surface area contributed by atoms with E-state index in [9.17, 15) is 5.11 Å². The van der Waals surface area contributed by atoms with Gasteiger partial charge in [0.2, 0.25) is 0 Å². The quantitative estimate of drug-likeness (QED) is 0.891. The maximum atomic E-state index is 10.4. The molecule has 112 valence electrons. The Morgan fingerprint density at radius 1 is 0.857 bits per heavy atom. The van der Waals surface area contributed by atoms with E-state index in [1.165, 1.54) is 11.1 Å². The van der Waals surface area contributed by atoms with Crippen molar-refractivity contribution in [3.63, 3.8) is 0 Å². The lowest BCUT2D eigenvalue weighted by Crippen LogP contribution is -2.09. The molecule has 2 aromatic rings. The van der Waals surface area contributed by atoms with Gasteiger partial charge < -0.3 is 10.0 Å². The summed E-state index contributed by atoms with van der Waals surface area (Å²) >= 11 is 0. The van der Waals surface area contributed by atoms with Crippen LogP contribution in [0, 0.1) is 0 Å². The van der Waals surface area contributed by atoms with Gasteiger partial charge in [-0.1, -0.05) is 50.2 Å². The van der Waals surface area contributed by atoms with Crippen LogP contribution < -0.4 is 4.90 Å². The summed E-state index contributed by atoms with van der Waals surface area (Å²) in [5, 5.41) is 10.4. The van der Waals surface area contributed by atoms with Gasteiger partial charge in [-0.15, -0.1) is 0 Å². The van der Waals surface area contributed by atoms with Gasteiger partial charge in [0.15, 0.2) is 0 Å². The standard InChI is InChI=1S/C19H25NO/c1-14(2)16-7-5-15(6-8-16)13-19(21)17-9-11-18(12-10-17)20(3)4/h5-12,14,19,21H,13H2,1-4H3. The first kappa shape index (κ1) is 15.6. The predicted octanol–water partition coefficient (Wildman–Crippen LogP) is 4.15. The third-order valence-electron chi connectivity index (χ3n) is 3.87. The Morgan fingerprint density at radius 2 is 1.38 bits per heavy atom. The molecule has 2 heteroatoms. The van der Waals surface area contributed by atoms with Crippen LogP contribution in [0.3, 0.4) is 0 Å². The van der Waals surface area contributed by atoms with Crippen molar-refractivity contribution in [3.8, 4) is 0 Å². The van der Waals surface area contributed by atoms with Gasteiger partial charge >= 0.3 is 0 Å². The van der Waals surface area contributed by atoms with E-state index in [0.717, 1.165) is 11.3 Å². The van der Waals surface area contributed by atoms with Gasteiger partial charge in [0.1, 0.15) is 0 Å². The minimum absolute atomic E-state index is 0.453. The zero-order valence-corrected chi connectivity index (χ0v) is 13.4. The Balaban J connectivity index is 2.04. The second-order valence-electron chi connectivity index (χ2n) is 6.10. The predicted molar refractivity (Wildman–Crippen MR) is 90.0 cm³/mol. The van der Waals surface area contributed by atoms with E-state index in [2.05, 4.69) is 43.0 Å². The smallest absolute Gasteiger partial charge is 0.0830 e. The van der Waals surface area contributed by atoms with Crippen LogP contribution in [-0.4, -0.2) is 19.2 Å². The molecule has 0 aliphatic carbocycles. The summed E-state index contributed by atoms with van der Waals surface area (Å²) in [7, 11) is 4.03. The number of hydrogen-bond donors (Lipinski definition) is 1. The minimum Gasteiger partial charge on any atom is -0.388 e. The molecule has 0 amide bonds. The van der Waals surface area contributed by atoms with E-state index >= 15 is 0 Å². The minimum atomic E-state index is -0.453. The number of rotatable bonds is 5. The lowest BCUT2D eigenvalue weighted by Gasteiger charge is -2.15. The monoisotopic (exact) mass is 283 g/mol. The van der Waals surface area contributed by atoms with E-state index in [4.69, 9.17) is 0 Å². The average Bonchev–Trinajstić information content (AvgIpc) is 2.47. The highest BCUT2D eigenvalue weighted by atomic mass is 16.3. The van der Waals surface area contributed by atoms with Crippen LogP contribution >= 0.6 is 0 Å². The molecule has 0 aliphatic heterocycles. The fourth-order valence-electron chi connectivity index (χ4n) is 2.37. The van der Waals surface area contributed by atoms with Gasteiger partial charge in [-0.3, -0.25) is 0 Å². The van der Waals surface area contributed by atoms with Crippen molar-refractivity contribution in [2.75, 3.05) is 19.0 Å². The number of aliphatic hydroxyl groups excluding tert-OH is 1. The molecule has 0 bridgehead atoms. The Labute approximate surface area is 128 Å². The summed E-state index contributed by atoms with van der Waals surface area (Å²) in [4.78, 5) is 2.06. The molecule has 0 radical (unpaired) electrons. The molecule has 0 spiro atoms. The number of nitrogens with zero attached hydrogens (tertiary/aromatic N) is 1. The SMILES string of the molecule is CC(C)c1ccc(CC(O)c2ccc(N(C)C)cc2)cc1. The van der Waals surface area contributed by atoms with Crippen LogP contribution in [0.25, 0.3) is 0 Å². The van der Waals surface area contributed by atoms with Gasteiger partial charge in [0.05, 0.1) is 6.10 Å². The Kier molecular flexibility index (Phi) is 5.03. The zero-order valence-electron chi connectivity index (χ0n) is 13.4. The zero-order chi connectivity index (χ0) is 15.4. The summed E-state index contributed by atoms with van der Waals surface area (Å²) in [6, 6.07) is 16.6. The van der Waals surface area contributed by atoms with E-state index in [-0.39, 0.29) is 0 Å². The lowest BCUT2D eigenvalue weighted by molar-refractivity contribution is 0.178. The van der Waals surface area contributed by atoms with Gasteiger partial charge in [-0.25, -0.2) is 0 Å². The summed E-state index contributed by atoms with van der Waals surface area (Å²) in [6.07, 6.45) is 0.200. The largest absolute Gasteiger partial charge is 0.388 e. The number of anilines is 1. The molecule has 0 saturated heterocycles. The highest BCUT2D eigenvalue weighted by molar-refractivity contribution is 5.46. The molecule has 0 aromatic heterocycles. The summed E-state index contributed by atoms with van der Waals surface area (Å²) in [5.74, 6) is 0.544. The van der Waals surface area contributed by atoms with E-state index in [0.29, 0.717) is 12.3 Å². The Bertz CT molecular complexity index is 555. The van der Waals surface area contributed by atoms with Gasteiger partial charge in [-0.05, 0) is 34.7 Å². The molecule has 2 nitrogen and oxygen atoms in total. The summed E-state index contributed by atoms with van der Waals surface area (Å²) < 4.78 is 0. The van der Waals surface area contributed by atoms with Crippen molar-refractivity contribution in [1.29, 1.82) is 0 Å². The van der Waals surface area contributed by atoms with Crippen LogP contribution in [0.2, 0.25) is 0 Å². The molecule has 2 aromatic carbocycles. The van der Waals surface area contributed by atoms with Crippen molar-refractivity contribution in [3.05, 3.63) is 65.2 Å². The van der Waals surface area contributed by atoms with E-state index < -0.39 is 6.10 Å². The van der Waals surface area contributed by atoms with Crippen molar-refractivity contribution in [1.82, 2.24) is 0 Å². The molecular weight excluding hydrogens is 258 g/mol. The van der Waals surface area contributed by atoms with Crippen LogP contribution in [0.5, 0.6) is 0 Å². The van der Waals surface area contributed by atoms with Gasteiger partial charge in [-0.2, -0.15) is 0 Å². The third kappa shape index (κ3) is 4.08. The normalized spacial score (nSPS) is 12.5. The summed E-state index contributed by atoms with van der Waals surface area (Å²) in [5.41, 5.74) is 4.62. The molecule has 2 rings (SSSR count). The highest BCUT2D eigenvalue weighted by Gasteiger charge is 2.09. The first-order valence-electron chi connectivity index (χ1n) is 7.51. The molecule has 0 heterocycles. The van der Waals surface area contributed by atoms with Gasteiger partial charge in [0, 0.05) is 26.2 Å². The number of aliphatic hydroxyl groups is 1. The maximum absolute atomic E-state index is 10.4. The molecule has 21 heavy (non-hydrogen) atoms. The average molecular weight is 283 g/mol. The second kappa shape index (κ2) is 6.77. The molecule has 1 N–H and O–H groups in total. The molecule has 0 saturated carbocycles. The highest BCUT2D eigenvalue weighted by Crippen LogP contribution is 2.22. The topological polar surface area (TPSA) is 23.5 Å². The van der Waals surface area contributed by atoms with Crippen LogP contribution in [0.15, 0.2) is 48.5 Å². The van der Waals surface area contributed by atoms with Crippen LogP contribution in [0.1, 0.15) is 42.6 Å². The first-order valence-corrected chi connectivity index (χ1v) is 7.51. The van der Waals surface area contributed by atoms with Crippen molar-refractivity contribution < 1.29 is 5.11 Å². The molecule has 1 unspecified atom stereocenters. The lowest BCUT2D eigenvalue weighted by atomic mass is 9.97. The van der Waals surface area contributed by atoms with E-state index in [1.807, 2.05) is 38.4 Å². The van der Waals surface area contributed by atoms with Crippen LogP contribution in [0.4, 0.5) is 5.69 Å². The second-order valence-corrected chi connectivity index (χ2v) is 6.10. The number of benzene rings is 2. The van der Waals surface area contributed by atoms with Gasteiger partial charge in [0.25, 0.3) is 0 Å². The fourth-order valence-corrected chi connectivity index (χ4v) is 2.37. The Morgan fingerprint density at radius 3 is 1.86 bits per heavy atom. The van der Waals surface area contributed by atoms with Crippen LogP contribution in [-0.2, 0) is 6.42 Å². The molecule has 0 fully saturated rings. The third-order valence-corrected chi connectivity index (χ3v) is 3.87. The molecule has 1 atom stereocenters. The van der Waals surface area contributed by atoms with E-state index in [1.54, 1.807) is 0 Å². The molecule has 0 aliphatic rings. The van der Waals surface area contributed by atoms with Crippen molar-refractivity contribution in [2.45, 2.75) is 32.3 Å². The fraction of sp³-hybridized carbons (Fsp3) is 0.368. The Hall–Kier alpha value is -1.80.